The van der Waals surface area contributed by atoms with Crippen LogP contribution in [0.2, 0.25) is 0 Å². The van der Waals surface area contributed by atoms with E-state index < -0.39 is 35.2 Å². The van der Waals surface area contributed by atoms with Crippen molar-refractivity contribution in [1.29, 1.82) is 0 Å². The van der Waals surface area contributed by atoms with Crippen LogP contribution in [-0.2, 0) is 19.2 Å². The summed E-state index contributed by atoms with van der Waals surface area (Å²) in [4.78, 5) is 82.3. The first-order valence-corrected chi connectivity index (χ1v) is 14.8. The van der Waals surface area contributed by atoms with Crippen LogP contribution in [0.25, 0.3) is 0 Å². The summed E-state index contributed by atoms with van der Waals surface area (Å²) in [5.74, 6) is -4.72. The molecule has 0 radical (unpaired) electrons. The van der Waals surface area contributed by atoms with Crippen LogP contribution >= 0.6 is 0 Å². The van der Waals surface area contributed by atoms with Crippen LogP contribution in [0, 0.1) is 0 Å². The Labute approximate surface area is 274 Å². The van der Waals surface area contributed by atoms with E-state index in [1.807, 2.05) is 0 Å². The first kappa shape index (κ1) is 31.2. The number of nitrogens with one attached hydrogen (secondary N) is 4. The van der Waals surface area contributed by atoms with Gasteiger partial charge in [-0.25, -0.2) is 0 Å². The number of para-hydroxylation sites is 4. The third kappa shape index (κ3) is 5.58. The molecule has 2 aliphatic rings. The lowest BCUT2D eigenvalue weighted by molar-refractivity contribution is -0.140. The second-order valence-electron chi connectivity index (χ2n) is 10.8. The SMILES string of the molecule is C/C(NNC(=O)C(=O)NN/C(C)=C1/C(=O)c2ccccc2N(c2ccccc2)C1=O)=C1\C(=O)c2ccccc2N(c2ccccc2)C1=O. The number of nitrogens with zero attached hydrogens (tertiary/aromatic N) is 2. The fourth-order valence-electron chi connectivity index (χ4n) is 5.50. The zero-order valence-electron chi connectivity index (χ0n) is 25.7. The maximum atomic E-state index is 13.6. The lowest BCUT2D eigenvalue weighted by atomic mass is 9.93. The number of ketones is 2. The van der Waals surface area contributed by atoms with Crippen LogP contribution < -0.4 is 31.5 Å². The maximum Gasteiger partial charge on any atom is 0.329 e. The van der Waals surface area contributed by atoms with Crippen molar-refractivity contribution in [3.05, 3.63) is 143 Å². The molecular weight excluding hydrogens is 612 g/mol. The van der Waals surface area contributed by atoms with Crippen LogP contribution in [0.3, 0.4) is 0 Å². The highest BCUT2D eigenvalue weighted by Gasteiger charge is 2.38. The Morgan fingerprint density at radius 3 is 1.17 bits per heavy atom. The Balaban J connectivity index is 1.17. The minimum absolute atomic E-state index is 0.00547. The summed E-state index contributed by atoms with van der Waals surface area (Å²) in [6.07, 6.45) is 0. The monoisotopic (exact) mass is 640 g/mol. The summed E-state index contributed by atoms with van der Waals surface area (Å²) in [5, 5.41) is 0. The van der Waals surface area contributed by atoms with Gasteiger partial charge in [-0.15, -0.1) is 0 Å². The van der Waals surface area contributed by atoms with Gasteiger partial charge in [-0.1, -0.05) is 60.7 Å². The van der Waals surface area contributed by atoms with E-state index in [-0.39, 0.29) is 33.7 Å². The van der Waals surface area contributed by atoms with Gasteiger partial charge in [0.15, 0.2) is 0 Å². The number of hydrogen-bond donors (Lipinski definition) is 4. The first-order chi connectivity index (χ1) is 23.2. The molecule has 0 unspecified atom stereocenters. The molecule has 0 fully saturated rings. The molecular formula is C36H28N6O6. The van der Waals surface area contributed by atoms with Gasteiger partial charge >= 0.3 is 11.8 Å². The number of Topliss-reactive ketones (excluding diaryl/α,β-unsaturated/α-hetero) is 2. The van der Waals surface area contributed by atoms with Gasteiger partial charge in [0, 0.05) is 33.9 Å². The summed E-state index contributed by atoms with van der Waals surface area (Å²) >= 11 is 0. The van der Waals surface area contributed by atoms with Crippen molar-refractivity contribution in [3.63, 3.8) is 0 Å². The van der Waals surface area contributed by atoms with Gasteiger partial charge in [-0.3, -0.25) is 49.4 Å². The van der Waals surface area contributed by atoms with Crippen LogP contribution in [0.4, 0.5) is 22.7 Å². The molecule has 48 heavy (non-hydrogen) atoms. The highest BCUT2D eigenvalue weighted by Crippen LogP contribution is 2.38. The molecule has 0 aromatic heterocycles. The predicted molar refractivity (Wildman–Crippen MR) is 177 cm³/mol. The Morgan fingerprint density at radius 1 is 0.458 bits per heavy atom. The number of carbonyl (C=O) groups is 6. The van der Waals surface area contributed by atoms with Gasteiger partial charge in [0.25, 0.3) is 11.8 Å². The van der Waals surface area contributed by atoms with Crippen molar-refractivity contribution >= 4 is 57.9 Å². The molecule has 238 valence electrons. The molecule has 0 saturated heterocycles. The van der Waals surface area contributed by atoms with E-state index >= 15 is 0 Å². The highest BCUT2D eigenvalue weighted by molar-refractivity contribution is 6.38. The van der Waals surface area contributed by atoms with E-state index in [1.54, 1.807) is 109 Å². The van der Waals surface area contributed by atoms with E-state index in [9.17, 15) is 28.8 Å². The lowest BCUT2D eigenvalue weighted by Gasteiger charge is -2.31. The Hall–Kier alpha value is -6.82. The molecule has 12 nitrogen and oxygen atoms in total. The number of amides is 4. The number of hydrogen-bond acceptors (Lipinski definition) is 8. The number of allylic oxidation sites excluding steroid dienone is 2. The van der Waals surface area contributed by atoms with Crippen molar-refractivity contribution in [3.8, 4) is 0 Å². The van der Waals surface area contributed by atoms with Gasteiger partial charge in [0.2, 0.25) is 11.6 Å². The molecule has 2 heterocycles. The Kier molecular flexibility index (Phi) is 8.37. The summed E-state index contributed by atoms with van der Waals surface area (Å²) in [6, 6.07) is 30.9. The molecule has 4 N–H and O–H groups in total. The molecule has 4 amide bonds. The third-order valence-corrected chi connectivity index (χ3v) is 7.78. The predicted octanol–water partition coefficient (Wildman–Crippen LogP) is 3.90. The van der Waals surface area contributed by atoms with E-state index in [2.05, 4.69) is 21.7 Å². The number of carbonyl (C=O) groups excluding carboxylic acids is 6. The zero-order chi connectivity index (χ0) is 33.9. The standard InChI is InChI=1S/C36H28N6O6/c1-21(29-31(43)25-17-9-11-19-27(25)41(35(29)47)23-13-5-3-6-14-23)37-39-33(45)34(46)40-38-22(2)30-32(44)26-18-10-12-20-28(26)42(36(30)48)24-15-7-4-8-16-24/h3-20,37-38H,1-2H3,(H,39,45)(H,40,46)/b29-21-,30-22-. The number of hydrazine groups is 2. The number of anilines is 4. The fourth-order valence-corrected chi connectivity index (χ4v) is 5.50. The molecule has 0 spiro atoms. The quantitative estimate of drug-likeness (QED) is 0.107. The summed E-state index contributed by atoms with van der Waals surface area (Å²) in [7, 11) is 0. The minimum Gasteiger partial charge on any atom is -0.302 e. The second-order valence-corrected chi connectivity index (χ2v) is 10.8. The summed E-state index contributed by atoms with van der Waals surface area (Å²) in [6.45, 7) is 2.84. The number of fused-ring (bicyclic) bond motifs is 2. The normalized spacial score (nSPS) is 16.0. The lowest BCUT2D eigenvalue weighted by Crippen LogP contribution is -2.50. The topological polar surface area (TPSA) is 157 Å². The van der Waals surface area contributed by atoms with E-state index in [1.165, 1.54) is 23.6 Å². The van der Waals surface area contributed by atoms with Crippen molar-refractivity contribution in [1.82, 2.24) is 21.7 Å². The molecule has 6 rings (SSSR count). The van der Waals surface area contributed by atoms with Gasteiger partial charge in [-0.2, -0.15) is 0 Å². The maximum absolute atomic E-state index is 13.6. The smallest absolute Gasteiger partial charge is 0.302 e. The highest BCUT2D eigenvalue weighted by atomic mass is 16.2. The Morgan fingerprint density at radius 2 is 0.792 bits per heavy atom. The number of rotatable bonds is 6. The molecule has 0 saturated carbocycles. The van der Waals surface area contributed by atoms with E-state index in [4.69, 9.17) is 0 Å². The van der Waals surface area contributed by atoms with Crippen LogP contribution in [0.15, 0.2) is 132 Å². The van der Waals surface area contributed by atoms with Gasteiger partial charge < -0.3 is 10.9 Å². The van der Waals surface area contributed by atoms with E-state index in [0.717, 1.165) is 0 Å². The van der Waals surface area contributed by atoms with Crippen molar-refractivity contribution in [2.24, 2.45) is 0 Å². The van der Waals surface area contributed by atoms with Crippen LogP contribution in [0.5, 0.6) is 0 Å². The van der Waals surface area contributed by atoms with Gasteiger partial charge in [0.1, 0.15) is 11.1 Å². The van der Waals surface area contributed by atoms with Gasteiger partial charge in [-0.05, 0) is 62.4 Å². The molecule has 4 aromatic carbocycles. The van der Waals surface area contributed by atoms with Crippen LogP contribution in [0.1, 0.15) is 34.6 Å². The summed E-state index contributed by atoms with van der Waals surface area (Å²) in [5.41, 5.74) is 11.4. The fraction of sp³-hybridized carbons (Fsp3) is 0.0556. The molecule has 0 atom stereocenters. The molecule has 0 aliphatic carbocycles. The summed E-state index contributed by atoms with van der Waals surface area (Å²) < 4.78 is 0. The van der Waals surface area contributed by atoms with Crippen molar-refractivity contribution in [2.45, 2.75) is 13.8 Å². The second kappa shape index (κ2) is 12.9. The molecule has 4 aromatic rings. The molecule has 0 bridgehead atoms. The van der Waals surface area contributed by atoms with E-state index in [0.29, 0.717) is 22.7 Å². The average molecular weight is 641 g/mol. The number of benzene rings is 4. The van der Waals surface area contributed by atoms with Crippen molar-refractivity contribution < 1.29 is 28.8 Å². The molecule has 2 aliphatic heterocycles. The average Bonchev–Trinajstić information content (AvgIpc) is 3.10. The Bertz CT molecular complexity index is 1920. The zero-order valence-corrected chi connectivity index (χ0v) is 25.7. The largest absolute Gasteiger partial charge is 0.329 e. The molecule has 12 heteroatoms. The van der Waals surface area contributed by atoms with Crippen molar-refractivity contribution in [2.75, 3.05) is 9.80 Å². The first-order valence-electron chi connectivity index (χ1n) is 14.8. The van der Waals surface area contributed by atoms with Gasteiger partial charge in [0.05, 0.1) is 11.4 Å². The van der Waals surface area contributed by atoms with Crippen LogP contribution in [-0.4, -0.2) is 35.2 Å². The third-order valence-electron chi connectivity index (χ3n) is 7.78. The minimum atomic E-state index is -1.19.